The predicted octanol–water partition coefficient (Wildman–Crippen LogP) is 1.31. The molecule has 0 saturated carbocycles. The summed E-state index contributed by atoms with van der Waals surface area (Å²) >= 11 is 0. The van der Waals surface area contributed by atoms with Crippen LogP contribution in [0.15, 0.2) is 29.2 Å². The van der Waals surface area contributed by atoms with Gasteiger partial charge < -0.3 is 14.8 Å². The van der Waals surface area contributed by atoms with Gasteiger partial charge in [-0.2, -0.15) is 0 Å². The molecule has 0 spiro atoms. The maximum atomic E-state index is 12.9. The van der Waals surface area contributed by atoms with E-state index in [4.69, 9.17) is 0 Å². The third-order valence-corrected chi connectivity index (χ3v) is 5.22. The second kappa shape index (κ2) is 6.53. The van der Waals surface area contributed by atoms with Crippen molar-refractivity contribution in [2.24, 2.45) is 0 Å². The summed E-state index contributed by atoms with van der Waals surface area (Å²) in [6, 6.07) is 6.29. The Kier molecular flexibility index (Phi) is 4.18. The van der Waals surface area contributed by atoms with Crippen LogP contribution in [0.25, 0.3) is 5.52 Å². The number of fused-ring (bicyclic) bond motifs is 1. The smallest absolute Gasteiger partial charge is 0.277 e. The zero-order valence-electron chi connectivity index (χ0n) is 15.7. The van der Waals surface area contributed by atoms with E-state index in [-0.39, 0.29) is 22.7 Å². The van der Waals surface area contributed by atoms with Crippen LogP contribution in [0.5, 0.6) is 0 Å². The number of aromatic nitrogens is 4. The molecule has 1 aromatic carbocycles. The number of piperazine rings is 1. The van der Waals surface area contributed by atoms with E-state index < -0.39 is 0 Å². The molecule has 1 amide bonds. The third-order valence-electron chi connectivity index (χ3n) is 5.22. The topological polar surface area (TPSA) is 86.6 Å². The molecular formula is C19H22N6O2. The fourth-order valence-corrected chi connectivity index (χ4v) is 3.57. The van der Waals surface area contributed by atoms with Gasteiger partial charge >= 0.3 is 0 Å². The minimum absolute atomic E-state index is 0.108. The van der Waals surface area contributed by atoms with Crippen molar-refractivity contribution in [2.45, 2.75) is 20.8 Å². The van der Waals surface area contributed by atoms with Crippen LogP contribution in [0.3, 0.4) is 0 Å². The van der Waals surface area contributed by atoms with E-state index in [1.54, 1.807) is 18.0 Å². The van der Waals surface area contributed by atoms with Gasteiger partial charge in [0.1, 0.15) is 0 Å². The molecule has 1 saturated heterocycles. The van der Waals surface area contributed by atoms with Crippen molar-refractivity contribution < 1.29 is 4.79 Å². The van der Waals surface area contributed by atoms with Crippen molar-refractivity contribution in [3.8, 4) is 0 Å². The predicted molar refractivity (Wildman–Crippen MR) is 102 cm³/mol. The van der Waals surface area contributed by atoms with Gasteiger partial charge in [0.25, 0.3) is 11.5 Å². The van der Waals surface area contributed by atoms with Crippen LogP contribution in [0, 0.1) is 20.8 Å². The third kappa shape index (κ3) is 2.97. The molecule has 1 N–H and O–H groups in total. The normalized spacial score (nSPS) is 14.8. The quantitative estimate of drug-likeness (QED) is 0.739. The highest BCUT2D eigenvalue weighted by molar-refractivity contribution is 5.98. The molecule has 140 valence electrons. The lowest BCUT2D eigenvalue weighted by Crippen LogP contribution is -2.49. The first-order chi connectivity index (χ1) is 13.0. The average Bonchev–Trinajstić information content (AvgIpc) is 3.08. The summed E-state index contributed by atoms with van der Waals surface area (Å²) in [4.78, 5) is 31.9. The van der Waals surface area contributed by atoms with Gasteiger partial charge in [0.2, 0.25) is 0 Å². The molecule has 0 aliphatic carbocycles. The molecule has 1 aliphatic rings. The molecule has 4 rings (SSSR count). The van der Waals surface area contributed by atoms with Crippen molar-refractivity contribution in [1.82, 2.24) is 24.7 Å². The molecule has 2 aromatic heterocycles. The Morgan fingerprint density at radius 2 is 1.85 bits per heavy atom. The standard InChI is InChI=1S/C19H22N6O2/c1-12-5-4-6-15(14(12)3)23-7-9-24(10-8-23)19(27)16-17-18(26)20-13(2)11-25(17)22-21-16/h4-6,11H,7-10H2,1-3H3,(H,20,26). The van der Waals surface area contributed by atoms with Crippen LogP contribution < -0.4 is 10.5 Å². The number of amides is 1. The van der Waals surface area contributed by atoms with Crippen molar-refractivity contribution in [3.63, 3.8) is 0 Å². The van der Waals surface area contributed by atoms with Crippen LogP contribution in [-0.4, -0.2) is 56.8 Å². The largest absolute Gasteiger partial charge is 0.368 e. The number of hydrogen-bond donors (Lipinski definition) is 1. The molecular weight excluding hydrogens is 344 g/mol. The number of H-pyrrole nitrogens is 1. The summed E-state index contributed by atoms with van der Waals surface area (Å²) in [5.41, 5.74) is 4.36. The Bertz CT molecular complexity index is 1080. The van der Waals surface area contributed by atoms with Gasteiger partial charge in [-0.05, 0) is 38.0 Å². The molecule has 0 atom stereocenters. The average molecular weight is 366 g/mol. The Labute approximate surface area is 156 Å². The number of aryl methyl sites for hydroxylation is 2. The Morgan fingerprint density at radius 3 is 2.59 bits per heavy atom. The molecule has 27 heavy (non-hydrogen) atoms. The number of carbonyl (C=O) groups excluding carboxylic acids is 1. The Morgan fingerprint density at radius 1 is 1.11 bits per heavy atom. The number of hydrogen-bond acceptors (Lipinski definition) is 5. The maximum Gasteiger partial charge on any atom is 0.277 e. The van der Waals surface area contributed by atoms with Crippen molar-refractivity contribution in [3.05, 3.63) is 57.3 Å². The highest BCUT2D eigenvalue weighted by Gasteiger charge is 2.27. The first-order valence-electron chi connectivity index (χ1n) is 9.01. The van der Waals surface area contributed by atoms with E-state index in [1.807, 2.05) is 0 Å². The molecule has 8 nitrogen and oxygen atoms in total. The second-order valence-electron chi connectivity index (χ2n) is 7.00. The van der Waals surface area contributed by atoms with E-state index >= 15 is 0 Å². The van der Waals surface area contributed by atoms with Crippen molar-refractivity contribution in [1.29, 1.82) is 0 Å². The SMILES string of the molecule is Cc1cn2nnc(C(=O)N3CCN(c4cccc(C)c4C)CC3)c2c(=O)[nH]1. The van der Waals surface area contributed by atoms with Gasteiger partial charge in [-0.15, -0.1) is 5.10 Å². The summed E-state index contributed by atoms with van der Waals surface area (Å²) in [6.07, 6.45) is 1.65. The lowest BCUT2D eigenvalue weighted by molar-refractivity contribution is 0.0742. The van der Waals surface area contributed by atoms with Gasteiger partial charge in [-0.3, -0.25) is 9.59 Å². The number of nitrogens with zero attached hydrogens (tertiary/aromatic N) is 5. The van der Waals surface area contributed by atoms with E-state index in [1.165, 1.54) is 21.3 Å². The fourth-order valence-electron chi connectivity index (χ4n) is 3.57. The summed E-state index contributed by atoms with van der Waals surface area (Å²) in [5.74, 6) is -0.250. The van der Waals surface area contributed by atoms with Gasteiger partial charge in [0.15, 0.2) is 11.2 Å². The van der Waals surface area contributed by atoms with Crippen LogP contribution in [0.4, 0.5) is 5.69 Å². The minimum atomic E-state index is -0.350. The Hall–Kier alpha value is -3.16. The van der Waals surface area contributed by atoms with Crippen LogP contribution in [-0.2, 0) is 0 Å². The molecule has 0 radical (unpaired) electrons. The molecule has 3 heterocycles. The van der Waals surface area contributed by atoms with Crippen molar-refractivity contribution in [2.75, 3.05) is 31.1 Å². The second-order valence-corrected chi connectivity index (χ2v) is 7.00. The molecule has 3 aromatic rings. The number of rotatable bonds is 2. The van der Waals surface area contributed by atoms with Gasteiger partial charge in [0, 0.05) is 37.6 Å². The van der Waals surface area contributed by atoms with Gasteiger partial charge in [0.05, 0.1) is 6.20 Å². The van der Waals surface area contributed by atoms with E-state index in [0.29, 0.717) is 18.8 Å². The number of nitrogens with one attached hydrogen (secondary N) is 1. The number of anilines is 1. The zero-order chi connectivity index (χ0) is 19.1. The zero-order valence-corrected chi connectivity index (χ0v) is 15.7. The van der Waals surface area contributed by atoms with Crippen LogP contribution in [0.2, 0.25) is 0 Å². The summed E-state index contributed by atoms with van der Waals surface area (Å²) in [6.45, 7) is 8.63. The number of carbonyl (C=O) groups is 1. The van der Waals surface area contributed by atoms with Crippen LogP contribution in [0.1, 0.15) is 27.3 Å². The molecule has 1 fully saturated rings. The Balaban J connectivity index is 1.54. The summed E-state index contributed by atoms with van der Waals surface area (Å²) < 4.78 is 1.37. The maximum absolute atomic E-state index is 12.9. The van der Waals surface area contributed by atoms with Gasteiger partial charge in [-0.25, -0.2) is 4.52 Å². The van der Waals surface area contributed by atoms with E-state index in [2.05, 4.69) is 52.2 Å². The highest BCUT2D eigenvalue weighted by atomic mass is 16.2. The molecule has 1 aliphatic heterocycles. The number of benzene rings is 1. The first kappa shape index (κ1) is 17.3. The van der Waals surface area contributed by atoms with E-state index in [0.717, 1.165) is 13.1 Å². The van der Waals surface area contributed by atoms with Gasteiger partial charge in [-0.1, -0.05) is 17.3 Å². The first-order valence-corrected chi connectivity index (χ1v) is 9.01. The summed E-state index contributed by atoms with van der Waals surface area (Å²) in [5, 5.41) is 7.89. The monoisotopic (exact) mass is 366 g/mol. The molecule has 8 heteroatoms. The van der Waals surface area contributed by atoms with Crippen LogP contribution >= 0.6 is 0 Å². The highest BCUT2D eigenvalue weighted by Crippen LogP contribution is 2.24. The molecule has 0 unspecified atom stereocenters. The van der Waals surface area contributed by atoms with Crippen molar-refractivity contribution >= 4 is 17.1 Å². The lowest BCUT2D eigenvalue weighted by Gasteiger charge is -2.36. The molecule has 0 bridgehead atoms. The lowest BCUT2D eigenvalue weighted by atomic mass is 10.1. The van der Waals surface area contributed by atoms with E-state index in [9.17, 15) is 9.59 Å². The minimum Gasteiger partial charge on any atom is -0.368 e. The fraction of sp³-hybridized carbons (Fsp3) is 0.368. The number of aromatic amines is 1. The summed E-state index contributed by atoms with van der Waals surface area (Å²) in [7, 11) is 0.